The lowest BCUT2D eigenvalue weighted by atomic mass is 10.1. The molecule has 7 nitrogen and oxygen atoms in total. The highest BCUT2D eigenvalue weighted by molar-refractivity contribution is 5.77. The number of methoxy groups -OCH3 is 1. The molecule has 0 aromatic heterocycles. The largest absolute Gasteiger partial charge is 0.379 e. The quantitative estimate of drug-likeness (QED) is 0.474. The average Bonchev–Trinajstić information content (AvgIpc) is 2.47. The second-order valence-corrected chi connectivity index (χ2v) is 5.48. The zero-order valence-electron chi connectivity index (χ0n) is 14.1. The van der Waals surface area contributed by atoms with Crippen LogP contribution in [0, 0.1) is 11.8 Å². The first-order valence-electron chi connectivity index (χ1n) is 7.66. The number of ether oxygens (including phenoxy) is 3. The monoisotopic (exact) mass is 318 g/mol. The van der Waals surface area contributed by atoms with Gasteiger partial charge in [-0.1, -0.05) is 20.8 Å². The molecule has 0 radical (unpaired) electrons. The smallest absolute Gasteiger partial charge is 0.246 e. The number of carbonyl (C=O) groups is 2. The van der Waals surface area contributed by atoms with Crippen LogP contribution in [0.2, 0.25) is 0 Å². The molecular formula is C15H30N2O5. The van der Waals surface area contributed by atoms with Gasteiger partial charge in [0.25, 0.3) is 0 Å². The molecule has 1 atom stereocenters. The van der Waals surface area contributed by atoms with Gasteiger partial charge in [-0.2, -0.15) is 0 Å². The van der Waals surface area contributed by atoms with E-state index in [0.29, 0.717) is 39.5 Å². The van der Waals surface area contributed by atoms with Gasteiger partial charge in [0.1, 0.15) is 6.61 Å². The molecule has 2 amide bonds. The van der Waals surface area contributed by atoms with Gasteiger partial charge in [0.15, 0.2) is 0 Å². The van der Waals surface area contributed by atoms with E-state index in [4.69, 9.17) is 9.47 Å². The van der Waals surface area contributed by atoms with Gasteiger partial charge in [0, 0.05) is 26.1 Å². The van der Waals surface area contributed by atoms with Gasteiger partial charge in [0.05, 0.1) is 26.4 Å². The Labute approximate surface area is 133 Å². The summed E-state index contributed by atoms with van der Waals surface area (Å²) in [7, 11) is 1.47. The van der Waals surface area contributed by atoms with Crippen molar-refractivity contribution < 1.29 is 23.8 Å². The van der Waals surface area contributed by atoms with Crippen LogP contribution in [0.1, 0.15) is 20.8 Å². The Balaban J connectivity index is 3.35. The minimum Gasteiger partial charge on any atom is -0.379 e. The lowest BCUT2D eigenvalue weighted by Gasteiger charge is -2.14. The predicted molar refractivity (Wildman–Crippen MR) is 83.5 cm³/mol. The number of carbonyl (C=O) groups excluding carboxylic acids is 2. The summed E-state index contributed by atoms with van der Waals surface area (Å²) >= 11 is 0. The first kappa shape index (κ1) is 20.8. The third kappa shape index (κ3) is 12.6. The average molecular weight is 318 g/mol. The number of rotatable bonds is 13. The maximum Gasteiger partial charge on any atom is 0.246 e. The molecule has 0 aliphatic carbocycles. The lowest BCUT2D eigenvalue weighted by molar-refractivity contribution is -0.125. The fraction of sp³-hybridized carbons (Fsp3) is 0.867. The molecule has 2 N–H and O–H groups in total. The van der Waals surface area contributed by atoms with Crippen molar-refractivity contribution in [3.05, 3.63) is 0 Å². The molecule has 130 valence electrons. The van der Waals surface area contributed by atoms with Crippen molar-refractivity contribution in [3.8, 4) is 0 Å². The Hall–Kier alpha value is -1.18. The summed E-state index contributed by atoms with van der Waals surface area (Å²) in [4.78, 5) is 22.5. The van der Waals surface area contributed by atoms with Gasteiger partial charge >= 0.3 is 0 Å². The van der Waals surface area contributed by atoms with Crippen molar-refractivity contribution in [1.82, 2.24) is 10.6 Å². The molecule has 0 heterocycles. The minimum absolute atomic E-state index is 0.00546. The standard InChI is InChI=1S/C15H30N2O5/c1-12(2)15(19)17-9-13(3)10-22-8-7-21-6-5-16-14(18)11-20-4/h12-13H,5-11H2,1-4H3,(H,16,18)(H,17,19). The van der Waals surface area contributed by atoms with Crippen molar-refractivity contribution in [2.75, 3.05) is 53.2 Å². The second-order valence-electron chi connectivity index (χ2n) is 5.48. The summed E-state index contributed by atoms with van der Waals surface area (Å²) in [6, 6.07) is 0. The lowest BCUT2D eigenvalue weighted by Crippen LogP contribution is -2.33. The molecule has 0 spiro atoms. The van der Waals surface area contributed by atoms with Crippen molar-refractivity contribution in [2.45, 2.75) is 20.8 Å². The molecule has 7 heteroatoms. The summed E-state index contributed by atoms with van der Waals surface area (Å²) in [5.41, 5.74) is 0. The molecule has 0 aliphatic rings. The fourth-order valence-electron chi connectivity index (χ4n) is 1.49. The summed E-state index contributed by atoms with van der Waals surface area (Å²) in [6.07, 6.45) is 0. The van der Waals surface area contributed by atoms with Crippen LogP contribution in [0.3, 0.4) is 0 Å². The second kappa shape index (κ2) is 13.5. The number of hydrogen-bond acceptors (Lipinski definition) is 5. The van der Waals surface area contributed by atoms with Crippen LogP contribution in [0.15, 0.2) is 0 Å². The predicted octanol–water partition coefficient (Wildman–Crippen LogP) is 0.191. The van der Waals surface area contributed by atoms with E-state index in [-0.39, 0.29) is 30.3 Å². The Bertz CT molecular complexity index is 310. The van der Waals surface area contributed by atoms with Gasteiger partial charge in [-0.25, -0.2) is 0 Å². The van der Waals surface area contributed by atoms with Gasteiger partial charge in [0.2, 0.25) is 11.8 Å². The van der Waals surface area contributed by atoms with E-state index < -0.39 is 0 Å². The van der Waals surface area contributed by atoms with Crippen molar-refractivity contribution in [1.29, 1.82) is 0 Å². The number of amides is 2. The topological polar surface area (TPSA) is 85.9 Å². The van der Waals surface area contributed by atoms with Crippen molar-refractivity contribution in [3.63, 3.8) is 0 Å². The molecular weight excluding hydrogens is 288 g/mol. The van der Waals surface area contributed by atoms with Gasteiger partial charge in [-0.3, -0.25) is 9.59 Å². The van der Waals surface area contributed by atoms with Gasteiger partial charge in [-0.15, -0.1) is 0 Å². The number of hydrogen-bond donors (Lipinski definition) is 2. The first-order valence-corrected chi connectivity index (χ1v) is 7.66. The third-order valence-corrected chi connectivity index (χ3v) is 2.77. The van der Waals surface area contributed by atoms with Crippen LogP contribution >= 0.6 is 0 Å². The molecule has 0 aromatic rings. The van der Waals surface area contributed by atoms with E-state index in [1.807, 2.05) is 20.8 Å². The maximum atomic E-state index is 11.4. The minimum atomic E-state index is -0.153. The SMILES string of the molecule is COCC(=O)NCCOCCOCC(C)CNC(=O)C(C)C. The van der Waals surface area contributed by atoms with Crippen LogP contribution in [-0.2, 0) is 23.8 Å². The first-order chi connectivity index (χ1) is 10.5. The highest BCUT2D eigenvalue weighted by atomic mass is 16.5. The molecule has 0 aromatic carbocycles. The summed E-state index contributed by atoms with van der Waals surface area (Å²) in [5, 5.41) is 5.53. The van der Waals surface area contributed by atoms with Crippen LogP contribution in [-0.4, -0.2) is 65.0 Å². The maximum absolute atomic E-state index is 11.4. The normalized spacial score (nSPS) is 12.2. The molecule has 0 saturated carbocycles. The molecule has 0 bridgehead atoms. The number of nitrogens with one attached hydrogen (secondary N) is 2. The van der Waals surface area contributed by atoms with Crippen LogP contribution in [0.4, 0.5) is 0 Å². The van der Waals surface area contributed by atoms with Crippen LogP contribution in [0.25, 0.3) is 0 Å². The molecule has 0 aliphatic heterocycles. The zero-order chi connectivity index (χ0) is 16.8. The summed E-state index contributed by atoms with van der Waals surface area (Å²) in [5.74, 6) is 0.173. The van der Waals surface area contributed by atoms with Gasteiger partial charge in [-0.05, 0) is 5.92 Å². The van der Waals surface area contributed by atoms with Gasteiger partial charge < -0.3 is 24.8 Å². The van der Waals surface area contributed by atoms with E-state index >= 15 is 0 Å². The highest BCUT2D eigenvalue weighted by Crippen LogP contribution is 1.96. The van der Waals surface area contributed by atoms with E-state index in [1.165, 1.54) is 7.11 Å². The van der Waals surface area contributed by atoms with E-state index in [1.54, 1.807) is 0 Å². The van der Waals surface area contributed by atoms with Crippen molar-refractivity contribution >= 4 is 11.8 Å². The van der Waals surface area contributed by atoms with E-state index in [2.05, 4.69) is 15.4 Å². The molecule has 22 heavy (non-hydrogen) atoms. The molecule has 1 unspecified atom stereocenters. The summed E-state index contributed by atoms with van der Waals surface area (Å²) in [6.45, 7) is 8.88. The molecule has 0 rings (SSSR count). The van der Waals surface area contributed by atoms with E-state index in [9.17, 15) is 9.59 Å². The molecule has 0 saturated heterocycles. The fourth-order valence-corrected chi connectivity index (χ4v) is 1.49. The van der Waals surface area contributed by atoms with Crippen LogP contribution < -0.4 is 10.6 Å². The van der Waals surface area contributed by atoms with E-state index in [0.717, 1.165) is 0 Å². The van der Waals surface area contributed by atoms with Crippen LogP contribution in [0.5, 0.6) is 0 Å². The summed E-state index contributed by atoms with van der Waals surface area (Å²) < 4.78 is 15.5. The van der Waals surface area contributed by atoms with Crippen molar-refractivity contribution in [2.24, 2.45) is 11.8 Å². The Kier molecular flexibility index (Phi) is 12.8. The Morgan fingerprint density at radius 3 is 2.32 bits per heavy atom. The Morgan fingerprint density at radius 1 is 1.00 bits per heavy atom. The highest BCUT2D eigenvalue weighted by Gasteiger charge is 2.08. The molecule has 0 fully saturated rings. The Morgan fingerprint density at radius 2 is 1.68 bits per heavy atom. The zero-order valence-corrected chi connectivity index (χ0v) is 14.1. The third-order valence-electron chi connectivity index (χ3n) is 2.77.